The van der Waals surface area contributed by atoms with E-state index in [9.17, 15) is 9.90 Å². The van der Waals surface area contributed by atoms with Gasteiger partial charge >= 0.3 is 12.1 Å². The minimum Gasteiger partial charge on any atom is -0.465 e. The number of morpholine rings is 1. The Morgan fingerprint density at radius 2 is 2.00 bits per heavy atom. The third-order valence-electron chi connectivity index (χ3n) is 9.82. The summed E-state index contributed by atoms with van der Waals surface area (Å²) in [5.41, 5.74) is 0.991. The predicted octanol–water partition coefficient (Wildman–Crippen LogP) is 5.98. The second-order valence-electron chi connectivity index (χ2n) is 13.8. The Bertz CT molecular complexity index is 1810. The normalized spacial score (nSPS) is 23.0. The van der Waals surface area contributed by atoms with Crippen LogP contribution in [0.3, 0.4) is 0 Å². The molecule has 4 aromatic rings. The highest BCUT2D eigenvalue weighted by Gasteiger charge is 2.51. The Balaban J connectivity index is 1.53. The second-order valence-corrected chi connectivity index (χ2v) is 14.2. The number of fused-ring (bicyclic) bond motifs is 2. The number of aromatic nitrogens is 4. The second kappa shape index (κ2) is 11.8. The molecule has 0 radical (unpaired) electrons. The van der Waals surface area contributed by atoms with Crippen molar-refractivity contribution in [2.24, 2.45) is 5.41 Å². The molecule has 1 unspecified atom stereocenters. The van der Waals surface area contributed by atoms with Crippen LogP contribution in [0.1, 0.15) is 40.2 Å². The number of halogens is 2. The maximum absolute atomic E-state index is 17.0. The Labute approximate surface area is 272 Å². The summed E-state index contributed by atoms with van der Waals surface area (Å²) >= 11 is 6.95. The van der Waals surface area contributed by atoms with Gasteiger partial charge in [0.15, 0.2) is 5.82 Å². The number of aromatic amines is 1. The molecule has 3 atom stereocenters. The fraction of sp³-hybridized carbons (Fsp3) is 0.515. The van der Waals surface area contributed by atoms with E-state index in [2.05, 4.69) is 20.1 Å². The number of hydrogen-bond donors (Lipinski definition) is 2. The lowest BCUT2D eigenvalue weighted by molar-refractivity contribution is -0.0416. The largest absolute Gasteiger partial charge is 0.465 e. The van der Waals surface area contributed by atoms with Gasteiger partial charge in [0, 0.05) is 60.3 Å². The number of carboxylic acid groups (broad SMARTS) is 1. The van der Waals surface area contributed by atoms with Crippen LogP contribution in [0.2, 0.25) is 5.02 Å². The molecule has 0 saturated carbocycles. The highest BCUT2D eigenvalue weighted by Crippen LogP contribution is 2.45. The van der Waals surface area contributed by atoms with Crippen molar-refractivity contribution in [1.82, 2.24) is 30.0 Å². The molecule has 0 bridgehead atoms. The minimum absolute atomic E-state index is 0.00604. The van der Waals surface area contributed by atoms with E-state index >= 15 is 4.39 Å². The van der Waals surface area contributed by atoms with Gasteiger partial charge < -0.3 is 24.4 Å². The first-order chi connectivity index (χ1) is 21.7. The Morgan fingerprint density at radius 3 is 2.70 bits per heavy atom. The molecule has 1 amide bonds. The zero-order valence-electron chi connectivity index (χ0n) is 27.3. The Kier molecular flexibility index (Phi) is 8.27. The van der Waals surface area contributed by atoms with E-state index < -0.39 is 22.9 Å². The zero-order chi connectivity index (χ0) is 33.1. The molecule has 2 saturated heterocycles. The van der Waals surface area contributed by atoms with E-state index in [1.807, 2.05) is 65.6 Å². The third-order valence-corrected chi connectivity index (χ3v) is 10.1. The van der Waals surface area contributed by atoms with Gasteiger partial charge in [-0.2, -0.15) is 15.1 Å². The van der Waals surface area contributed by atoms with Crippen LogP contribution in [0.5, 0.6) is 6.01 Å². The lowest BCUT2D eigenvalue weighted by Crippen LogP contribution is -2.70. The van der Waals surface area contributed by atoms with Gasteiger partial charge in [0.1, 0.15) is 29.6 Å². The number of nitrogens with zero attached hydrogens (tertiary/aromatic N) is 6. The number of rotatable bonds is 5. The highest BCUT2D eigenvalue weighted by molar-refractivity contribution is 6.35. The maximum Gasteiger partial charge on any atom is 0.407 e. The number of hydrogen-bond acceptors (Lipinski definition) is 8. The summed E-state index contributed by atoms with van der Waals surface area (Å²) in [6, 6.07) is 5.24. The smallest absolute Gasteiger partial charge is 0.407 e. The van der Waals surface area contributed by atoms with Crippen molar-refractivity contribution in [3.63, 3.8) is 0 Å². The summed E-state index contributed by atoms with van der Waals surface area (Å²) in [6.07, 6.45) is 0.570. The minimum atomic E-state index is -0.986. The van der Waals surface area contributed by atoms with Crippen LogP contribution in [-0.4, -0.2) is 105 Å². The van der Waals surface area contributed by atoms with Crippen LogP contribution in [0, 0.1) is 18.2 Å². The standard InChI is InChI=1S/C33H41ClFN7O4/c1-18-8-9-20-13-36-39-27(20)24(18)25-23(34)12-22-28(26(25)35)37-30(46-16-21-15-40(7)10-11-45-21)38-29(22)41-17-33(6,32(3,4)5)42(31(43)44)14-19(41)2/h8-9,12-13,19,21H,10-11,14-17H2,1-7H3,(H,36,39)(H,43,44)/t19-,21?,33-/m0/s1. The quantitative estimate of drug-likeness (QED) is 0.268. The van der Waals surface area contributed by atoms with Crippen molar-refractivity contribution in [1.29, 1.82) is 0 Å². The van der Waals surface area contributed by atoms with Gasteiger partial charge in [-0.1, -0.05) is 44.5 Å². The molecular formula is C33H41ClFN7O4. The molecule has 2 N–H and O–H groups in total. The molecule has 4 heterocycles. The molecule has 0 aliphatic carbocycles. The van der Waals surface area contributed by atoms with Crippen LogP contribution in [0.25, 0.3) is 32.9 Å². The molecule has 246 valence electrons. The number of piperazine rings is 1. The van der Waals surface area contributed by atoms with Gasteiger partial charge in [-0.15, -0.1) is 0 Å². The summed E-state index contributed by atoms with van der Waals surface area (Å²) in [7, 11) is 2.02. The molecule has 6 rings (SSSR count). The number of benzene rings is 2. The lowest BCUT2D eigenvalue weighted by Gasteiger charge is -2.56. The van der Waals surface area contributed by atoms with E-state index in [0.717, 1.165) is 17.5 Å². The van der Waals surface area contributed by atoms with Crippen molar-refractivity contribution in [2.45, 2.75) is 59.2 Å². The van der Waals surface area contributed by atoms with Crippen LogP contribution in [-0.2, 0) is 4.74 Å². The first-order valence-corrected chi connectivity index (χ1v) is 15.9. The van der Waals surface area contributed by atoms with Crippen molar-refractivity contribution >= 4 is 45.3 Å². The van der Waals surface area contributed by atoms with Gasteiger partial charge in [0.05, 0.1) is 17.2 Å². The highest BCUT2D eigenvalue weighted by atomic mass is 35.5. The summed E-state index contributed by atoms with van der Waals surface area (Å²) in [6.45, 7) is 14.6. The molecule has 2 fully saturated rings. The molecule has 2 aromatic heterocycles. The molecule has 13 heteroatoms. The van der Waals surface area contributed by atoms with Crippen molar-refractivity contribution < 1.29 is 23.8 Å². The van der Waals surface area contributed by atoms with Crippen molar-refractivity contribution in [2.75, 3.05) is 51.3 Å². The van der Waals surface area contributed by atoms with Gasteiger partial charge in [0.25, 0.3) is 0 Å². The van der Waals surface area contributed by atoms with Gasteiger partial charge in [-0.05, 0) is 44.9 Å². The van der Waals surface area contributed by atoms with E-state index in [4.69, 9.17) is 26.1 Å². The zero-order valence-corrected chi connectivity index (χ0v) is 28.1. The lowest BCUT2D eigenvalue weighted by atomic mass is 9.71. The summed E-state index contributed by atoms with van der Waals surface area (Å²) < 4.78 is 29.0. The molecule has 2 aliphatic rings. The maximum atomic E-state index is 17.0. The van der Waals surface area contributed by atoms with Gasteiger partial charge in [-0.3, -0.25) is 10.00 Å². The summed E-state index contributed by atoms with van der Waals surface area (Å²) in [5.74, 6) is -0.185. The van der Waals surface area contributed by atoms with Crippen molar-refractivity contribution in [3.05, 3.63) is 40.8 Å². The molecule has 2 aromatic carbocycles. The van der Waals surface area contributed by atoms with Crippen LogP contribution < -0.4 is 9.64 Å². The monoisotopic (exact) mass is 653 g/mol. The number of H-pyrrole nitrogens is 1. The average molecular weight is 654 g/mol. The van der Waals surface area contributed by atoms with Gasteiger partial charge in [-0.25, -0.2) is 9.18 Å². The Hall–Kier alpha value is -3.74. The van der Waals surface area contributed by atoms with E-state index in [1.54, 1.807) is 12.3 Å². The number of nitrogens with one attached hydrogen (secondary N) is 1. The number of anilines is 1. The van der Waals surface area contributed by atoms with Crippen LogP contribution in [0.4, 0.5) is 15.0 Å². The van der Waals surface area contributed by atoms with E-state index in [-0.39, 0.29) is 47.4 Å². The SMILES string of the molecule is Cc1ccc2c[nH]nc2c1-c1c(Cl)cc2c(N3C[C@@](C)(C(C)(C)C)N(C(=O)O)C[C@@H]3C)nc(OCC3CN(C)CCO3)nc2c1F. The molecular weight excluding hydrogens is 613 g/mol. The third kappa shape index (κ3) is 5.50. The Morgan fingerprint density at radius 1 is 1.24 bits per heavy atom. The van der Waals surface area contributed by atoms with Crippen molar-refractivity contribution in [3.8, 4) is 17.1 Å². The summed E-state index contributed by atoms with van der Waals surface area (Å²) in [4.78, 5) is 27.6. The van der Waals surface area contributed by atoms with Crippen LogP contribution in [0.15, 0.2) is 24.4 Å². The topological polar surface area (TPSA) is 120 Å². The van der Waals surface area contributed by atoms with Crippen LogP contribution >= 0.6 is 11.6 Å². The van der Waals surface area contributed by atoms with E-state index in [1.165, 1.54) is 4.90 Å². The molecule has 46 heavy (non-hydrogen) atoms. The van der Waals surface area contributed by atoms with E-state index in [0.29, 0.717) is 42.0 Å². The number of aryl methyl sites for hydroxylation is 1. The number of likely N-dealkylation sites (N-methyl/N-ethyl adjacent to an activating group) is 1. The molecule has 11 nitrogen and oxygen atoms in total. The first-order valence-electron chi connectivity index (χ1n) is 15.5. The van der Waals surface area contributed by atoms with Gasteiger partial charge in [0.2, 0.25) is 0 Å². The molecule has 0 spiro atoms. The number of carbonyl (C=O) groups is 1. The fourth-order valence-corrected chi connectivity index (χ4v) is 6.87. The summed E-state index contributed by atoms with van der Waals surface area (Å²) in [5, 5.41) is 18.9. The first kappa shape index (κ1) is 32.2. The average Bonchev–Trinajstić information content (AvgIpc) is 3.46. The number of ether oxygens (including phenoxy) is 2. The predicted molar refractivity (Wildman–Crippen MR) is 176 cm³/mol. The number of amides is 1. The fourth-order valence-electron chi connectivity index (χ4n) is 6.59. The molecule has 2 aliphatic heterocycles.